The molecular formula is C7H12N4NiO4S. The number of rotatable bonds is 3. The Kier molecular flexibility index (Phi) is 21.8. The van der Waals surface area contributed by atoms with Gasteiger partial charge in [-0.3, -0.25) is 4.79 Å². The third kappa shape index (κ3) is 12.8. The van der Waals surface area contributed by atoms with E-state index in [2.05, 4.69) is 22.2 Å². The second-order valence-electron chi connectivity index (χ2n) is 2.25. The van der Waals surface area contributed by atoms with E-state index in [9.17, 15) is 4.79 Å². The fraction of sp³-hybridized carbons (Fsp3) is 0.286. The first-order chi connectivity index (χ1) is 6.61. The number of nitrogens with zero attached hydrogens (tertiary/aromatic N) is 2. The van der Waals surface area contributed by atoms with E-state index < -0.39 is 12.0 Å². The van der Waals surface area contributed by atoms with Gasteiger partial charge in [0.2, 0.25) is 0 Å². The number of isothiocyanates is 1. The predicted molar refractivity (Wildman–Crippen MR) is 61.2 cm³/mol. The average Bonchev–Trinajstić information content (AvgIpc) is 2.58. The molecule has 7 N–H and O–H groups in total. The van der Waals surface area contributed by atoms with Gasteiger partial charge in [-0.25, -0.2) is 4.98 Å². The number of carboxylic acid groups (broad SMARTS) is 1. The topological polar surface area (TPSA) is 175 Å². The summed E-state index contributed by atoms with van der Waals surface area (Å²) in [5, 5.41) is 16.8. The van der Waals surface area contributed by atoms with Gasteiger partial charge in [-0.15, -0.1) is 0 Å². The number of hydrogen-bond donors (Lipinski definition) is 2. The molecule has 1 atom stereocenters. The van der Waals surface area contributed by atoms with Gasteiger partial charge >= 0.3 is 16.5 Å². The molecule has 1 aromatic heterocycles. The van der Waals surface area contributed by atoms with Crippen molar-refractivity contribution < 1.29 is 37.3 Å². The number of carbonyl (C=O) groups is 1. The molecule has 0 aliphatic rings. The zero-order valence-corrected chi connectivity index (χ0v) is 10.2. The Hall–Kier alpha value is -1.15. The van der Waals surface area contributed by atoms with Crippen LogP contribution in [0.25, 0.3) is 11.1 Å². The van der Waals surface area contributed by atoms with Crippen LogP contribution in [0.15, 0.2) is 12.5 Å². The van der Waals surface area contributed by atoms with Crippen molar-refractivity contribution >= 4 is 23.3 Å². The molecule has 0 bridgehead atoms. The molecule has 0 aromatic carbocycles. The van der Waals surface area contributed by atoms with E-state index in [4.69, 9.17) is 16.2 Å². The van der Waals surface area contributed by atoms with Gasteiger partial charge in [-0.1, -0.05) is 12.2 Å². The maximum Gasteiger partial charge on any atom is 2.00 e. The Balaban J connectivity index is -0.000000128. The summed E-state index contributed by atoms with van der Waals surface area (Å²) in [4.78, 5) is 16.7. The van der Waals surface area contributed by atoms with Gasteiger partial charge in [-0.2, -0.15) is 5.16 Å². The van der Waals surface area contributed by atoms with Crippen LogP contribution >= 0.6 is 12.2 Å². The quantitative estimate of drug-likeness (QED) is 0.433. The summed E-state index contributed by atoms with van der Waals surface area (Å²) in [5.74, 6) is -1.12. The number of thiocarbonyl (C=S) groups is 1. The van der Waals surface area contributed by atoms with Gasteiger partial charge in [0, 0.05) is 6.20 Å². The standard InChI is InChI=1S/C6H8N3O2.CNS.Ni.2H2O/c7-5(6(10)11)1-4-2-8-3-9-4;2-1-3;;;/h2-3,5,7H,1H2,(H,8,9)(H,10,11);;;2*1H2/q2*-1;+2;;. The molecule has 0 spiro atoms. The van der Waals surface area contributed by atoms with Crippen LogP contribution < -0.4 is 0 Å². The van der Waals surface area contributed by atoms with Gasteiger partial charge in [-0.05, 0) is 12.5 Å². The molecule has 1 heterocycles. The zero-order valence-electron chi connectivity index (χ0n) is 8.41. The summed E-state index contributed by atoms with van der Waals surface area (Å²) in [6, 6.07) is -1.11. The minimum atomic E-state index is -1.12. The van der Waals surface area contributed by atoms with E-state index in [-0.39, 0.29) is 33.9 Å². The molecule has 0 aliphatic carbocycles. The molecule has 0 fully saturated rings. The number of aromatic amines is 1. The maximum absolute atomic E-state index is 10.2. The van der Waals surface area contributed by atoms with E-state index >= 15 is 0 Å². The van der Waals surface area contributed by atoms with E-state index in [0.29, 0.717) is 5.69 Å². The third-order valence-corrected chi connectivity index (χ3v) is 1.27. The molecule has 100 valence electrons. The number of aliphatic carboxylic acids is 1. The minimum Gasteiger partial charge on any atom is -0.753 e. The number of nitrogens with one attached hydrogen (secondary N) is 2. The Labute approximate surface area is 113 Å². The van der Waals surface area contributed by atoms with Gasteiger partial charge in [0.1, 0.15) is 0 Å². The van der Waals surface area contributed by atoms with Gasteiger partial charge in [0.15, 0.2) is 0 Å². The fourth-order valence-electron chi connectivity index (χ4n) is 0.699. The molecule has 10 heteroatoms. The Morgan fingerprint density at radius 3 is 2.47 bits per heavy atom. The van der Waals surface area contributed by atoms with Crippen molar-refractivity contribution in [1.29, 1.82) is 0 Å². The zero-order chi connectivity index (χ0) is 11.0. The van der Waals surface area contributed by atoms with E-state index in [0.717, 1.165) is 0 Å². The first-order valence-electron chi connectivity index (χ1n) is 3.54. The number of H-pyrrole nitrogens is 1. The number of aromatic nitrogens is 2. The summed E-state index contributed by atoms with van der Waals surface area (Å²) in [5.41, 5.74) is 7.65. The molecule has 1 rings (SSSR count). The molecule has 1 aromatic rings. The van der Waals surface area contributed by atoms with Crippen molar-refractivity contribution in [3.63, 3.8) is 0 Å². The first kappa shape index (κ1) is 24.9. The van der Waals surface area contributed by atoms with Crippen LogP contribution in [0.4, 0.5) is 0 Å². The molecule has 0 radical (unpaired) electrons. The van der Waals surface area contributed by atoms with Gasteiger partial charge < -0.3 is 32.2 Å². The van der Waals surface area contributed by atoms with Crippen LogP contribution in [-0.4, -0.2) is 43.2 Å². The second kappa shape index (κ2) is 14.9. The van der Waals surface area contributed by atoms with Crippen LogP contribution in [0.1, 0.15) is 5.69 Å². The molecular weight excluding hydrogens is 295 g/mol. The van der Waals surface area contributed by atoms with E-state index in [1.54, 1.807) is 6.20 Å². The van der Waals surface area contributed by atoms with E-state index in [1.807, 2.05) is 0 Å². The van der Waals surface area contributed by atoms with E-state index in [1.165, 1.54) is 11.5 Å². The number of carboxylic acids is 1. The number of imidazole rings is 1. The molecule has 1 unspecified atom stereocenters. The number of hydrogen-bond acceptors (Lipinski definition) is 3. The molecule has 0 aliphatic heterocycles. The Bertz CT molecular complexity index is 316. The molecule has 0 amide bonds. The predicted octanol–water partition coefficient (Wildman–Crippen LogP) is -0.536. The summed E-state index contributed by atoms with van der Waals surface area (Å²) in [6.07, 6.45) is 3.20. The van der Waals surface area contributed by atoms with Crippen molar-refractivity contribution in [2.75, 3.05) is 0 Å². The average molecular weight is 307 g/mol. The smallest absolute Gasteiger partial charge is 0.753 e. The van der Waals surface area contributed by atoms with Crippen LogP contribution in [0.5, 0.6) is 0 Å². The maximum atomic E-state index is 10.2. The molecule has 0 saturated heterocycles. The summed E-state index contributed by atoms with van der Waals surface area (Å²) in [7, 11) is 0. The van der Waals surface area contributed by atoms with Crippen molar-refractivity contribution in [1.82, 2.24) is 9.97 Å². The van der Waals surface area contributed by atoms with Crippen LogP contribution in [-0.2, 0) is 27.7 Å². The minimum absolute atomic E-state index is 0. The first-order valence-corrected chi connectivity index (χ1v) is 3.95. The Morgan fingerprint density at radius 1 is 1.71 bits per heavy atom. The second-order valence-corrected chi connectivity index (χ2v) is 2.43. The van der Waals surface area contributed by atoms with Crippen molar-refractivity contribution in [3.05, 3.63) is 29.4 Å². The largest absolute Gasteiger partial charge is 2.00 e. The van der Waals surface area contributed by atoms with Gasteiger partial charge in [0.05, 0.1) is 12.0 Å². The SMILES string of the molecule is O.O.[N-]=C=S.[NH-]C(Cc1c[nH]cn1)C(=O)O.[Ni+2]. The molecule has 17 heavy (non-hydrogen) atoms. The summed E-state index contributed by atoms with van der Waals surface area (Å²) in [6.45, 7) is 0. The van der Waals surface area contributed by atoms with Crippen molar-refractivity contribution in [3.8, 4) is 0 Å². The summed E-state index contributed by atoms with van der Waals surface area (Å²) >= 11 is 3.70. The van der Waals surface area contributed by atoms with Crippen LogP contribution in [0.3, 0.4) is 0 Å². The van der Waals surface area contributed by atoms with Crippen LogP contribution in [0.2, 0.25) is 0 Å². The normalized spacial score (nSPS) is 8.76. The third-order valence-electron chi connectivity index (χ3n) is 1.27. The molecule has 0 saturated carbocycles. The van der Waals surface area contributed by atoms with Crippen LogP contribution in [0, 0.1) is 0 Å². The summed E-state index contributed by atoms with van der Waals surface area (Å²) < 4.78 is 0. The fourth-order valence-corrected chi connectivity index (χ4v) is 0.699. The monoisotopic (exact) mass is 306 g/mol. The van der Waals surface area contributed by atoms with Gasteiger partial charge in [0.25, 0.3) is 5.97 Å². The van der Waals surface area contributed by atoms with Crippen molar-refractivity contribution in [2.24, 2.45) is 0 Å². The molecule has 8 nitrogen and oxygen atoms in total. The Morgan fingerprint density at radius 2 is 2.18 bits per heavy atom. The van der Waals surface area contributed by atoms with Crippen molar-refractivity contribution in [2.45, 2.75) is 12.5 Å².